The van der Waals surface area contributed by atoms with Crippen molar-refractivity contribution in [2.24, 2.45) is 0 Å². The summed E-state index contributed by atoms with van der Waals surface area (Å²) >= 11 is 0. The van der Waals surface area contributed by atoms with E-state index in [4.69, 9.17) is 5.73 Å². The monoisotopic (exact) mass is 468 g/mol. The van der Waals surface area contributed by atoms with Gasteiger partial charge in [-0.05, 0) is 29.8 Å². The molecule has 0 aliphatic heterocycles. The van der Waals surface area contributed by atoms with Gasteiger partial charge in [0, 0.05) is 24.9 Å². The predicted molar refractivity (Wildman–Crippen MR) is 115 cm³/mol. The standard InChI is InChI=1S/C22H16F4N8/c1-22(25,26)19(12-2-4-14(23)5-3-12)33-7-6-16(31-33)18-10-28-9-17(29-18)13-8-15(24)20-30-21(27)32-34(20)11-13/h2-11,19H,1H3,(H2,27,32)/t19-/m1/s1. The maximum atomic E-state index is 14.5. The number of pyridine rings is 1. The highest BCUT2D eigenvalue weighted by Crippen LogP contribution is 2.35. The number of aromatic nitrogens is 7. The van der Waals surface area contributed by atoms with Crippen molar-refractivity contribution < 1.29 is 17.6 Å². The average Bonchev–Trinajstić information content (AvgIpc) is 3.41. The second kappa shape index (κ2) is 7.90. The molecule has 4 aromatic heterocycles. The van der Waals surface area contributed by atoms with E-state index in [9.17, 15) is 17.6 Å². The van der Waals surface area contributed by atoms with Crippen molar-refractivity contribution in [3.8, 4) is 22.6 Å². The summed E-state index contributed by atoms with van der Waals surface area (Å²) < 4.78 is 59.0. The number of nitrogens with zero attached hydrogens (tertiary/aromatic N) is 7. The van der Waals surface area contributed by atoms with Crippen LogP contribution in [0, 0.1) is 11.6 Å². The second-order valence-electron chi connectivity index (χ2n) is 7.70. The van der Waals surface area contributed by atoms with Crippen molar-refractivity contribution in [1.82, 2.24) is 34.3 Å². The van der Waals surface area contributed by atoms with Crippen LogP contribution >= 0.6 is 0 Å². The van der Waals surface area contributed by atoms with E-state index in [0.717, 1.165) is 23.7 Å². The third kappa shape index (κ3) is 3.93. The molecule has 0 amide bonds. The van der Waals surface area contributed by atoms with E-state index < -0.39 is 23.6 Å². The quantitative estimate of drug-likeness (QED) is 0.389. The summed E-state index contributed by atoms with van der Waals surface area (Å²) in [6, 6.07) is 6.09. The summed E-state index contributed by atoms with van der Waals surface area (Å²) in [6.07, 6.45) is 5.72. The van der Waals surface area contributed by atoms with E-state index in [1.54, 1.807) is 0 Å². The Morgan fingerprint density at radius 2 is 1.68 bits per heavy atom. The van der Waals surface area contributed by atoms with Gasteiger partial charge in [0.15, 0.2) is 11.5 Å². The minimum atomic E-state index is -3.19. The number of anilines is 1. The lowest BCUT2D eigenvalue weighted by Gasteiger charge is -2.24. The molecular weight excluding hydrogens is 452 g/mol. The lowest BCUT2D eigenvalue weighted by Crippen LogP contribution is -2.29. The fourth-order valence-electron chi connectivity index (χ4n) is 3.67. The van der Waals surface area contributed by atoms with Gasteiger partial charge in [-0.1, -0.05) is 12.1 Å². The zero-order chi connectivity index (χ0) is 24.0. The first-order chi connectivity index (χ1) is 16.2. The van der Waals surface area contributed by atoms with Crippen LogP contribution in [0.2, 0.25) is 0 Å². The van der Waals surface area contributed by atoms with Gasteiger partial charge < -0.3 is 5.73 Å². The predicted octanol–water partition coefficient (Wildman–Crippen LogP) is 4.15. The average molecular weight is 468 g/mol. The van der Waals surface area contributed by atoms with Gasteiger partial charge in [0.05, 0.1) is 18.1 Å². The Morgan fingerprint density at radius 3 is 2.41 bits per heavy atom. The number of nitrogen functional groups attached to an aromatic ring is 1. The van der Waals surface area contributed by atoms with E-state index in [0.29, 0.717) is 11.3 Å². The van der Waals surface area contributed by atoms with Gasteiger partial charge in [-0.3, -0.25) is 9.67 Å². The lowest BCUT2D eigenvalue weighted by atomic mass is 10.0. The van der Waals surface area contributed by atoms with Gasteiger partial charge >= 0.3 is 0 Å². The number of hydrogen-bond donors (Lipinski definition) is 1. The molecule has 2 N–H and O–H groups in total. The molecule has 0 unspecified atom stereocenters. The van der Waals surface area contributed by atoms with Crippen molar-refractivity contribution >= 4 is 11.6 Å². The van der Waals surface area contributed by atoms with E-state index >= 15 is 0 Å². The van der Waals surface area contributed by atoms with Crippen LogP contribution < -0.4 is 5.73 Å². The Kier molecular flexibility index (Phi) is 5.00. The van der Waals surface area contributed by atoms with Crippen LogP contribution in [0.15, 0.2) is 61.2 Å². The fourth-order valence-corrected chi connectivity index (χ4v) is 3.67. The van der Waals surface area contributed by atoms with Crippen LogP contribution in [0.25, 0.3) is 28.3 Å². The Labute approximate surface area is 189 Å². The van der Waals surface area contributed by atoms with Crippen LogP contribution in [-0.2, 0) is 0 Å². The molecule has 4 heterocycles. The SMILES string of the molecule is CC(F)(F)[C@@H](c1ccc(F)cc1)n1ccc(-c2cncc(-c3cc(F)c4nc(N)nn4c3)n2)n1. The van der Waals surface area contributed by atoms with Crippen LogP contribution in [0.5, 0.6) is 0 Å². The second-order valence-corrected chi connectivity index (χ2v) is 7.70. The van der Waals surface area contributed by atoms with Gasteiger partial charge in [0.1, 0.15) is 23.2 Å². The smallest absolute Gasteiger partial charge is 0.271 e. The summed E-state index contributed by atoms with van der Waals surface area (Å²) in [6.45, 7) is 0.768. The third-order valence-corrected chi connectivity index (χ3v) is 5.14. The number of alkyl halides is 2. The normalized spacial score (nSPS) is 12.9. The molecule has 5 aromatic rings. The number of benzene rings is 1. The Morgan fingerprint density at radius 1 is 0.941 bits per heavy atom. The summed E-state index contributed by atoms with van der Waals surface area (Å²) in [4.78, 5) is 12.4. The van der Waals surface area contributed by atoms with Crippen molar-refractivity contribution in [1.29, 1.82) is 0 Å². The van der Waals surface area contributed by atoms with Gasteiger partial charge in [-0.2, -0.15) is 10.1 Å². The fraction of sp³-hybridized carbons (Fsp3) is 0.136. The first-order valence-corrected chi connectivity index (χ1v) is 10.0. The summed E-state index contributed by atoms with van der Waals surface area (Å²) in [5.41, 5.74) is 6.92. The molecule has 1 atom stereocenters. The van der Waals surface area contributed by atoms with Gasteiger partial charge in [-0.15, -0.1) is 5.10 Å². The summed E-state index contributed by atoms with van der Waals surface area (Å²) in [7, 11) is 0. The van der Waals surface area contributed by atoms with Gasteiger partial charge in [0.2, 0.25) is 5.95 Å². The minimum absolute atomic E-state index is 0.0311. The number of halogens is 4. The molecule has 0 radical (unpaired) electrons. The Hall–Kier alpha value is -4.35. The van der Waals surface area contributed by atoms with Gasteiger partial charge in [-0.25, -0.2) is 27.1 Å². The molecule has 34 heavy (non-hydrogen) atoms. The van der Waals surface area contributed by atoms with Gasteiger partial charge in [0.25, 0.3) is 5.92 Å². The highest BCUT2D eigenvalue weighted by Gasteiger charge is 2.37. The third-order valence-electron chi connectivity index (χ3n) is 5.14. The summed E-state index contributed by atoms with van der Waals surface area (Å²) in [5.74, 6) is -4.45. The number of hydrogen-bond acceptors (Lipinski definition) is 6. The highest BCUT2D eigenvalue weighted by molar-refractivity contribution is 5.64. The van der Waals surface area contributed by atoms with Crippen molar-refractivity contribution in [2.45, 2.75) is 18.9 Å². The van der Waals surface area contributed by atoms with E-state index in [1.807, 2.05) is 0 Å². The molecular formula is C22H16F4N8. The first-order valence-electron chi connectivity index (χ1n) is 10.0. The number of fused-ring (bicyclic) bond motifs is 1. The molecule has 0 spiro atoms. The maximum absolute atomic E-state index is 14.5. The molecule has 0 saturated carbocycles. The van der Waals surface area contributed by atoms with Crippen LogP contribution in [0.4, 0.5) is 23.5 Å². The summed E-state index contributed by atoms with van der Waals surface area (Å²) in [5, 5.41) is 8.18. The molecule has 0 saturated heterocycles. The largest absolute Gasteiger partial charge is 0.366 e. The Balaban J connectivity index is 1.52. The first kappa shape index (κ1) is 21.5. The molecule has 8 nitrogen and oxygen atoms in total. The molecule has 172 valence electrons. The highest BCUT2D eigenvalue weighted by atomic mass is 19.3. The molecule has 0 aliphatic carbocycles. The van der Waals surface area contributed by atoms with Crippen LogP contribution in [0.1, 0.15) is 18.5 Å². The van der Waals surface area contributed by atoms with Crippen molar-refractivity contribution in [2.75, 3.05) is 5.73 Å². The van der Waals surface area contributed by atoms with Crippen LogP contribution in [0.3, 0.4) is 0 Å². The van der Waals surface area contributed by atoms with E-state index in [1.165, 1.54) is 53.6 Å². The number of nitrogens with two attached hydrogens (primary N) is 1. The molecule has 0 aliphatic rings. The zero-order valence-electron chi connectivity index (χ0n) is 17.6. The molecule has 5 rings (SSSR count). The molecule has 1 aromatic carbocycles. The minimum Gasteiger partial charge on any atom is -0.366 e. The Bertz CT molecular complexity index is 1490. The lowest BCUT2D eigenvalue weighted by molar-refractivity contribution is -0.0216. The van der Waals surface area contributed by atoms with Crippen molar-refractivity contribution in [3.05, 3.63) is 78.4 Å². The van der Waals surface area contributed by atoms with E-state index in [2.05, 4.69) is 25.1 Å². The zero-order valence-corrected chi connectivity index (χ0v) is 17.6. The molecule has 0 fully saturated rings. The van der Waals surface area contributed by atoms with Crippen LogP contribution in [-0.4, -0.2) is 40.3 Å². The molecule has 0 bridgehead atoms. The number of rotatable bonds is 5. The maximum Gasteiger partial charge on any atom is 0.271 e. The molecule has 12 heteroatoms. The van der Waals surface area contributed by atoms with Crippen molar-refractivity contribution in [3.63, 3.8) is 0 Å². The topological polar surface area (TPSA) is 99.8 Å². The van der Waals surface area contributed by atoms with E-state index in [-0.39, 0.29) is 28.5 Å².